The fourth-order valence-corrected chi connectivity index (χ4v) is 8.19. The van der Waals surface area contributed by atoms with Crippen LogP contribution in [0, 0.1) is 0 Å². The number of aryl methyl sites for hydroxylation is 1. The van der Waals surface area contributed by atoms with Crippen molar-refractivity contribution in [3.8, 4) is 0 Å². The standard InChI is InChI=1S/C42H71N2S2/c1-4-7-10-11-20-23-38-45-46-39-24-21-18-16-14-12-13-15-17-19-22-33-43-36-31-41(32-37-43)26-25-40-27-29-42(30-28-40)44(34-8-5-2)35-9-6-3/h25-32,36-37H,4-24,33-35,38-39H2,1-3H3/q+1. The number of unbranched alkanes of at least 4 members (excludes halogenated alkanes) is 17. The molecule has 46 heavy (non-hydrogen) atoms. The fourth-order valence-electron chi connectivity index (χ4n) is 5.89. The zero-order valence-corrected chi connectivity index (χ0v) is 32.0. The van der Waals surface area contributed by atoms with Gasteiger partial charge in [-0.05, 0) is 55.4 Å². The van der Waals surface area contributed by atoms with Gasteiger partial charge in [0.15, 0.2) is 12.4 Å². The molecule has 0 saturated heterocycles. The van der Waals surface area contributed by atoms with Crippen LogP contribution in [0.4, 0.5) is 5.69 Å². The highest BCUT2D eigenvalue weighted by molar-refractivity contribution is 8.76. The minimum Gasteiger partial charge on any atom is -0.372 e. The molecule has 0 unspecified atom stereocenters. The monoisotopic (exact) mass is 668 g/mol. The van der Waals surface area contributed by atoms with Crippen molar-refractivity contribution in [3.05, 3.63) is 59.9 Å². The van der Waals surface area contributed by atoms with E-state index in [0.717, 1.165) is 19.6 Å². The van der Waals surface area contributed by atoms with E-state index in [1.807, 2.05) is 0 Å². The van der Waals surface area contributed by atoms with Crippen molar-refractivity contribution >= 4 is 39.4 Å². The summed E-state index contributed by atoms with van der Waals surface area (Å²) in [6, 6.07) is 13.6. The molecule has 0 spiro atoms. The highest BCUT2D eigenvalue weighted by Gasteiger charge is 2.05. The van der Waals surface area contributed by atoms with Crippen LogP contribution < -0.4 is 9.47 Å². The molecule has 0 aliphatic rings. The van der Waals surface area contributed by atoms with Crippen LogP contribution in [0.25, 0.3) is 12.2 Å². The van der Waals surface area contributed by atoms with Gasteiger partial charge in [-0.1, -0.05) is 163 Å². The lowest BCUT2D eigenvalue weighted by Crippen LogP contribution is -2.32. The van der Waals surface area contributed by atoms with Gasteiger partial charge in [0.1, 0.15) is 6.54 Å². The fraction of sp³-hybridized carbons (Fsp3) is 0.690. The molecule has 0 saturated carbocycles. The molecule has 2 nitrogen and oxygen atoms in total. The summed E-state index contributed by atoms with van der Waals surface area (Å²) >= 11 is 0. The zero-order valence-electron chi connectivity index (χ0n) is 30.4. The summed E-state index contributed by atoms with van der Waals surface area (Å²) in [4.78, 5) is 2.55. The van der Waals surface area contributed by atoms with Gasteiger partial charge in [-0.25, -0.2) is 4.57 Å². The minimum absolute atomic E-state index is 1.13. The molecule has 0 aliphatic heterocycles. The van der Waals surface area contributed by atoms with Gasteiger partial charge in [0.25, 0.3) is 0 Å². The Morgan fingerprint density at radius 3 is 1.37 bits per heavy atom. The molecule has 260 valence electrons. The Kier molecular flexibility index (Phi) is 26.4. The smallest absolute Gasteiger partial charge is 0.169 e. The van der Waals surface area contributed by atoms with Crippen LogP contribution in [0.15, 0.2) is 48.8 Å². The van der Waals surface area contributed by atoms with E-state index in [0.29, 0.717) is 0 Å². The molecule has 2 aromatic rings. The quantitative estimate of drug-likeness (QED) is 0.0449. The number of anilines is 1. The molecule has 0 N–H and O–H groups in total. The maximum Gasteiger partial charge on any atom is 0.169 e. The number of hydrogen-bond donors (Lipinski definition) is 0. The van der Waals surface area contributed by atoms with Gasteiger partial charge in [-0.2, -0.15) is 0 Å². The lowest BCUT2D eigenvalue weighted by atomic mass is 10.1. The summed E-state index contributed by atoms with van der Waals surface area (Å²) in [5.74, 6) is 2.71. The number of benzene rings is 1. The van der Waals surface area contributed by atoms with Crippen LogP contribution in [0.2, 0.25) is 0 Å². The van der Waals surface area contributed by atoms with E-state index in [-0.39, 0.29) is 0 Å². The van der Waals surface area contributed by atoms with Gasteiger partial charge in [0.2, 0.25) is 0 Å². The molecule has 0 aliphatic carbocycles. The van der Waals surface area contributed by atoms with Crippen LogP contribution in [-0.2, 0) is 6.54 Å². The summed E-state index contributed by atoms with van der Waals surface area (Å²) < 4.78 is 2.35. The second kappa shape index (κ2) is 29.7. The number of rotatable bonds is 31. The Morgan fingerprint density at radius 1 is 0.478 bits per heavy atom. The van der Waals surface area contributed by atoms with Gasteiger partial charge < -0.3 is 4.90 Å². The first-order valence-corrected chi connectivity index (χ1v) is 22.0. The lowest BCUT2D eigenvalue weighted by Gasteiger charge is -2.24. The molecule has 1 aromatic carbocycles. The molecule has 0 amide bonds. The van der Waals surface area contributed by atoms with Crippen molar-refractivity contribution in [3.63, 3.8) is 0 Å². The van der Waals surface area contributed by atoms with Crippen LogP contribution in [0.1, 0.15) is 167 Å². The predicted molar refractivity (Wildman–Crippen MR) is 213 cm³/mol. The predicted octanol–water partition coefficient (Wildman–Crippen LogP) is 13.6. The minimum atomic E-state index is 1.13. The van der Waals surface area contributed by atoms with E-state index in [9.17, 15) is 0 Å². The summed E-state index contributed by atoms with van der Waals surface area (Å²) in [6.45, 7) is 10.3. The lowest BCUT2D eigenvalue weighted by molar-refractivity contribution is -0.697. The molecule has 4 heteroatoms. The van der Waals surface area contributed by atoms with Crippen molar-refractivity contribution in [2.75, 3.05) is 29.5 Å². The maximum absolute atomic E-state index is 2.55. The molecule has 0 radical (unpaired) electrons. The van der Waals surface area contributed by atoms with E-state index >= 15 is 0 Å². The van der Waals surface area contributed by atoms with Crippen LogP contribution >= 0.6 is 21.6 Å². The van der Waals surface area contributed by atoms with Gasteiger partial charge in [0, 0.05) is 48.8 Å². The Morgan fingerprint density at radius 2 is 0.891 bits per heavy atom. The first-order chi connectivity index (χ1) is 22.8. The Balaban J connectivity index is 1.44. The van der Waals surface area contributed by atoms with E-state index in [1.54, 1.807) is 0 Å². The number of pyridine rings is 1. The Bertz CT molecular complexity index is 949. The van der Waals surface area contributed by atoms with Crippen molar-refractivity contribution in [1.29, 1.82) is 0 Å². The van der Waals surface area contributed by atoms with E-state index < -0.39 is 0 Å². The summed E-state index contributed by atoms with van der Waals surface area (Å²) in [6.07, 6.45) is 38.0. The van der Waals surface area contributed by atoms with Crippen LogP contribution in [0.3, 0.4) is 0 Å². The van der Waals surface area contributed by atoms with E-state index in [4.69, 9.17) is 0 Å². The van der Waals surface area contributed by atoms with Gasteiger partial charge >= 0.3 is 0 Å². The second-order valence-electron chi connectivity index (χ2n) is 13.3. The molecule has 2 rings (SSSR count). The third-order valence-electron chi connectivity index (χ3n) is 9.02. The van der Waals surface area contributed by atoms with Gasteiger partial charge in [-0.3, -0.25) is 0 Å². The molecule has 1 heterocycles. The third-order valence-corrected chi connectivity index (χ3v) is 11.6. The highest BCUT2D eigenvalue weighted by atomic mass is 33.1. The maximum atomic E-state index is 2.55. The summed E-state index contributed by atoms with van der Waals surface area (Å²) in [5, 5.41) is 0. The normalized spacial score (nSPS) is 11.5. The Hall–Kier alpha value is -1.39. The molecule has 0 fully saturated rings. The SMILES string of the molecule is CCCCCCCCSSCCCCCCCCCCCCC[n+]1ccc(C=Cc2ccc(N(CCCC)CCCC)cc2)cc1. The van der Waals surface area contributed by atoms with Gasteiger partial charge in [0.05, 0.1) is 0 Å². The molecule has 0 bridgehead atoms. The molecular formula is C42H71N2S2+. The second-order valence-corrected chi connectivity index (χ2v) is 16.0. The number of hydrogen-bond acceptors (Lipinski definition) is 3. The average molecular weight is 668 g/mol. The first-order valence-electron chi connectivity index (χ1n) is 19.5. The Labute approximate surface area is 294 Å². The van der Waals surface area contributed by atoms with E-state index in [2.05, 4.69) is 113 Å². The van der Waals surface area contributed by atoms with Crippen molar-refractivity contribution < 1.29 is 4.57 Å². The third kappa shape index (κ3) is 21.5. The molecule has 1 aromatic heterocycles. The van der Waals surface area contributed by atoms with Crippen LogP contribution in [0.5, 0.6) is 0 Å². The average Bonchev–Trinajstić information content (AvgIpc) is 3.09. The topological polar surface area (TPSA) is 7.12 Å². The highest BCUT2D eigenvalue weighted by Crippen LogP contribution is 2.25. The van der Waals surface area contributed by atoms with Crippen molar-refractivity contribution in [2.24, 2.45) is 0 Å². The zero-order chi connectivity index (χ0) is 32.8. The largest absolute Gasteiger partial charge is 0.372 e. The van der Waals surface area contributed by atoms with Crippen LogP contribution in [-0.4, -0.2) is 24.6 Å². The summed E-state index contributed by atoms with van der Waals surface area (Å²) in [7, 11) is 4.23. The number of aromatic nitrogens is 1. The molecule has 0 atom stereocenters. The van der Waals surface area contributed by atoms with E-state index in [1.165, 1.54) is 163 Å². The number of nitrogens with zero attached hydrogens (tertiary/aromatic N) is 2. The summed E-state index contributed by atoms with van der Waals surface area (Å²) in [5.41, 5.74) is 3.90. The van der Waals surface area contributed by atoms with Crippen molar-refractivity contribution in [2.45, 2.75) is 162 Å². The first kappa shape index (κ1) is 40.8. The van der Waals surface area contributed by atoms with Crippen molar-refractivity contribution in [1.82, 2.24) is 0 Å². The molecular weight excluding hydrogens is 597 g/mol. The van der Waals surface area contributed by atoms with Gasteiger partial charge in [-0.15, -0.1) is 0 Å².